The van der Waals surface area contributed by atoms with Gasteiger partial charge in [-0.25, -0.2) is 9.37 Å². The molecule has 1 aromatic heterocycles. The lowest BCUT2D eigenvalue weighted by atomic mass is 9.93. The predicted octanol–water partition coefficient (Wildman–Crippen LogP) is 5.48. The second-order valence-electron chi connectivity index (χ2n) is 8.49. The number of carbonyl (C=O) groups excluding carboxylic acids is 1. The zero-order valence-corrected chi connectivity index (χ0v) is 19.1. The van der Waals surface area contributed by atoms with Crippen molar-refractivity contribution in [1.29, 1.82) is 0 Å². The minimum atomic E-state index is -0.201. The molecule has 0 atom stereocenters. The summed E-state index contributed by atoms with van der Waals surface area (Å²) < 4.78 is 13.3. The first-order valence-corrected chi connectivity index (χ1v) is 12.3. The van der Waals surface area contributed by atoms with E-state index in [0.29, 0.717) is 19.0 Å². The topological polar surface area (TPSA) is 45.2 Å². The highest BCUT2D eigenvalue weighted by Gasteiger charge is 2.22. The maximum absolute atomic E-state index is 13.3. The largest absolute Gasteiger partial charge is 0.352 e. The maximum atomic E-state index is 13.3. The van der Waals surface area contributed by atoms with Crippen molar-refractivity contribution >= 4 is 17.2 Å². The molecule has 0 radical (unpaired) electrons. The Morgan fingerprint density at radius 2 is 1.75 bits per heavy atom. The van der Waals surface area contributed by atoms with E-state index in [9.17, 15) is 9.18 Å². The van der Waals surface area contributed by atoms with Gasteiger partial charge in [-0.1, -0.05) is 61.7 Å². The number of amides is 1. The lowest BCUT2D eigenvalue weighted by molar-refractivity contribution is -0.120. The van der Waals surface area contributed by atoms with Gasteiger partial charge in [-0.2, -0.15) is 0 Å². The zero-order valence-electron chi connectivity index (χ0n) is 18.3. The smallest absolute Gasteiger partial charge is 0.227 e. The number of rotatable bonds is 9. The van der Waals surface area contributed by atoms with Crippen LogP contribution in [-0.4, -0.2) is 21.8 Å². The second kappa shape index (κ2) is 11.3. The van der Waals surface area contributed by atoms with E-state index < -0.39 is 0 Å². The summed E-state index contributed by atoms with van der Waals surface area (Å²) >= 11 is 1.55. The monoisotopic (exact) mass is 451 g/mol. The number of aromatic nitrogens is 1. The van der Waals surface area contributed by atoms with Gasteiger partial charge < -0.3 is 5.32 Å². The van der Waals surface area contributed by atoms with E-state index in [1.807, 2.05) is 42.5 Å². The molecule has 1 aliphatic carbocycles. The normalized spacial score (nSPS) is 14.6. The van der Waals surface area contributed by atoms with Gasteiger partial charge in [-0.05, 0) is 36.1 Å². The van der Waals surface area contributed by atoms with E-state index in [-0.39, 0.29) is 11.7 Å². The Hall–Kier alpha value is -2.57. The van der Waals surface area contributed by atoms with Gasteiger partial charge in [-0.15, -0.1) is 11.3 Å². The molecule has 32 heavy (non-hydrogen) atoms. The molecule has 0 unspecified atom stereocenters. The molecule has 1 aliphatic rings. The Labute approximate surface area is 193 Å². The first-order chi connectivity index (χ1) is 15.7. The van der Waals surface area contributed by atoms with Crippen LogP contribution >= 0.6 is 11.3 Å². The molecule has 0 aliphatic heterocycles. The van der Waals surface area contributed by atoms with Crippen LogP contribution in [0.3, 0.4) is 0 Å². The highest BCUT2D eigenvalue weighted by Crippen LogP contribution is 2.26. The third-order valence-electron chi connectivity index (χ3n) is 6.00. The molecule has 0 saturated heterocycles. The summed E-state index contributed by atoms with van der Waals surface area (Å²) in [5.74, 6) is -0.210. The quantitative estimate of drug-likeness (QED) is 0.469. The summed E-state index contributed by atoms with van der Waals surface area (Å²) in [6, 6.07) is 17.2. The van der Waals surface area contributed by atoms with Crippen LogP contribution in [0.25, 0.3) is 0 Å². The summed E-state index contributed by atoms with van der Waals surface area (Å²) in [7, 11) is 0. The van der Waals surface area contributed by atoms with Crippen molar-refractivity contribution in [2.45, 2.75) is 64.2 Å². The average Bonchev–Trinajstić information content (AvgIpc) is 3.26. The molecule has 168 valence electrons. The summed E-state index contributed by atoms with van der Waals surface area (Å²) in [5, 5.41) is 5.89. The van der Waals surface area contributed by atoms with E-state index in [2.05, 4.69) is 15.6 Å². The fourth-order valence-corrected chi connectivity index (χ4v) is 5.08. The number of nitrogens with one attached hydrogen (secondary N) is 1. The highest BCUT2D eigenvalue weighted by atomic mass is 32.1. The molecule has 0 spiro atoms. The molecule has 1 saturated carbocycles. The van der Waals surface area contributed by atoms with Crippen LogP contribution in [0.1, 0.15) is 53.9 Å². The van der Waals surface area contributed by atoms with Crippen LogP contribution in [0.4, 0.5) is 4.39 Å². The zero-order chi connectivity index (χ0) is 22.2. The summed E-state index contributed by atoms with van der Waals surface area (Å²) in [4.78, 5) is 19.6. The number of halogens is 1. The summed E-state index contributed by atoms with van der Waals surface area (Å²) in [6.45, 7) is 2.07. The number of carbonyl (C=O) groups is 1. The highest BCUT2D eigenvalue weighted by molar-refractivity contribution is 7.09. The van der Waals surface area contributed by atoms with Crippen molar-refractivity contribution in [2.24, 2.45) is 0 Å². The molecule has 1 amide bonds. The van der Waals surface area contributed by atoms with Gasteiger partial charge >= 0.3 is 0 Å². The predicted molar refractivity (Wildman–Crippen MR) is 127 cm³/mol. The number of benzene rings is 2. The number of hydrogen-bond donors (Lipinski definition) is 1. The van der Waals surface area contributed by atoms with Crippen molar-refractivity contribution in [3.63, 3.8) is 0 Å². The molecule has 4 nitrogen and oxygen atoms in total. The van der Waals surface area contributed by atoms with E-state index in [1.165, 1.54) is 44.2 Å². The molecular formula is C26H30FN3OS. The molecule has 6 heteroatoms. The molecule has 3 aromatic rings. The molecule has 1 fully saturated rings. The van der Waals surface area contributed by atoms with E-state index in [4.69, 9.17) is 4.98 Å². The lowest BCUT2D eigenvalue weighted by Crippen LogP contribution is -2.36. The van der Waals surface area contributed by atoms with Crippen LogP contribution in [0.2, 0.25) is 0 Å². The molecule has 1 heterocycles. The third-order valence-corrected chi connectivity index (χ3v) is 6.90. The lowest BCUT2D eigenvalue weighted by Gasteiger charge is -2.34. The average molecular weight is 452 g/mol. The van der Waals surface area contributed by atoms with Crippen LogP contribution in [-0.2, 0) is 30.8 Å². The number of nitrogens with zero attached hydrogens (tertiary/aromatic N) is 2. The van der Waals surface area contributed by atoms with Crippen LogP contribution in [0.15, 0.2) is 60.0 Å². The van der Waals surface area contributed by atoms with Gasteiger partial charge in [0.15, 0.2) is 0 Å². The fraction of sp³-hybridized carbons (Fsp3) is 0.385. The molecule has 1 N–H and O–H groups in total. The van der Waals surface area contributed by atoms with Crippen molar-refractivity contribution in [3.05, 3.63) is 87.6 Å². The molecule has 4 rings (SSSR count). The molecular weight excluding hydrogens is 421 g/mol. The van der Waals surface area contributed by atoms with Crippen molar-refractivity contribution < 1.29 is 9.18 Å². The van der Waals surface area contributed by atoms with Crippen LogP contribution in [0.5, 0.6) is 0 Å². The maximum Gasteiger partial charge on any atom is 0.227 e. The van der Waals surface area contributed by atoms with Gasteiger partial charge in [-0.3, -0.25) is 9.69 Å². The first-order valence-electron chi connectivity index (χ1n) is 11.4. The number of thiazole rings is 1. The standard InChI is InChI=1S/C26H30FN3OS/c27-22-13-11-21(12-14-22)17-30(24-9-5-2-6-10-24)18-23-19-32-26(29-23)15-25(31)28-16-20-7-3-1-4-8-20/h1,3-4,7-8,11-14,19,24H,2,5-6,9-10,15-18H2,(H,28,31). The van der Waals surface area contributed by atoms with Crippen molar-refractivity contribution in [2.75, 3.05) is 0 Å². The fourth-order valence-electron chi connectivity index (χ4n) is 4.29. The van der Waals surface area contributed by atoms with E-state index >= 15 is 0 Å². The van der Waals surface area contributed by atoms with Gasteiger partial charge in [0.2, 0.25) is 5.91 Å². The van der Waals surface area contributed by atoms with Gasteiger partial charge in [0, 0.05) is 31.1 Å². The van der Waals surface area contributed by atoms with Gasteiger partial charge in [0.05, 0.1) is 12.1 Å². The van der Waals surface area contributed by atoms with Crippen molar-refractivity contribution in [1.82, 2.24) is 15.2 Å². The molecule has 0 bridgehead atoms. The van der Waals surface area contributed by atoms with Crippen LogP contribution < -0.4 is 5.32 Å². The van der Waals surface area contributed by atoms with Gasteiger partial charge in [0.1, 0.15) is 10.8 Å². The van der Waals surface area contributed by atoms with Crippen LogP contribution in [0, 0.1) is 5.82 Å². The minimum Gasteiger partial charge on any atom is -0.352 e. The Morgan fingerprint density at radius 3 is 2.50 bits per heavy atom. The summed E-state index contributed by atoms with van der Waals surface area (Å²) in [5.41, 5.74) is 3.21. The SMILES string of the molecule is O=C(Cc1nc(CN(Cc2ccc(F)cc2)C2CCCCC2)cs1)NCc1ccccc1. The minimum absolute atomic E-state index is 0.00907. The Morgan fingerprint density at radius 1 is 1.00 bits per heavy atom. The Bertz CT molecular complexity index is 984. The van der Waals surface area contributed by atoms with E-state index in [1.54, 1.807) is 11.3 Å². The third kappa shape index (κ3) is 6.71. The Balaban J connectivity index is 1.35. The number of hydrogen-bond acceptors (Lipinski definition) is 4. The van der Waals surface area contributed by atoms with E-state index in [0.717, 1.165) is 34.9 Å². The molecule has 2 aromatic carbocycles. The Kier molecular flexibility index (Phi) is 8.02. The van der Waals surface area contributed by atoms with Gasteiger partial charge in [0.25, 0.3) is 0 Å². The summed E-state index contributed by atoms with van der Waals surface area (Å²) in [6.07, 6.45) is 6.52. The first kappa shape index (κ1) is 22.6. The van der Waals surface area contributed by atoms with Crippen molar-refractivity contribution in [3.8, 4) is 0 Å². The second-order valence-corrected chi connectivity index (χ2v) is 9.44.